The summed E-state index contributed by atoms with van der Waals surface area (Å²) in [5.41, 5.74) is 6.16. The van der Waals surface area contributed by atoms with Gasteiger partial charge >= 0.3 is 0 Å². The molecule has 0 bridgehead atoms. The number of nitrogens with zero attached hydrogens (tertiary/aromatic N) is 4. The Hall–Kier alpha value is -2.78. The van der Waals surface area contributed by atoms with E-state index < -0.39 is 17.2 Å². The highest BCUT2D eigenvalue weighted by Crippen LogP contribution is 2.36. The van der Waals surface area contributed by atoms with Crippen LogP contribution in [0.3, 0.4) is 0 Å². The monoisotopic (exact) mass is 450 g/mol. The van der Waals surface area contributed by atoms with E-state index in [-0.39, 0.29) is 30.9 Å². The van der Waals surface area contributed by atoms with Crippen molar-refractivity contribution in [1.29, 1.82) is 0 Å². The number of nitrogens with two attached hydrogens (primary N) is 1. The molecule has 1 aromatic carbocycles. The van der Waals surface area contributed by atoms with Gasteiger partial charge in [-0.1, -0.05) is 0 Å². The minimum Gasteiger partial charge on any atom is -0.349 e. The number of benzene rings is 1. The van der Waals surface area contributed by atoms with Gasteiger partial charge in [-0.3, -0.25) is 4.79 Å². The van der Waals surface area contributed by atoms with Gasteiger partial charge in [0.25, 0.3) is 5.91 Å². The molecule has 1 atom stereocenters. The van der Waals surface area contributed by atoms with Crippen LogP contribution in [-0.2, 0) is 0 Å². The fourth-order valence-corrected chi connectivity index (χ4v) is 3.74. The lowest BCUT2D eigenvalue weighted by atomic mass is 10.0. The first-order valence-electron chi connectivity index (χ1n) is 9.87. The average Bonchev–Trinajstić information content (AvgIpc) is 3.36. The van der Waals surface area contributed by atoms with E-state index in [2.05, 4.69) is 15.4 Å². The Morgan fingerprint density at radius 1 is 1.32 bits per heavy atom. The van der Waals surface area contributed by atoms with Crippen molar-refractivity contribution in [2.75, 3.05) is 18.0 Å². The van der Waals surface area contributed by atoms with Crippen molar-refractivity contribution in [1.82, 2.24) is 19.9 Å². The number of carbonyl (C=O) groups excluding carboxylic acids is 1. The first-order valence-corrected chi connectivity index (χ1v) is 9.87. The van der Waals surface area contributed by atoms with Crippen LogP contribution in [0.2, 0.25) is 0 Å². The maximum atomic E-state index is 14.4. The summed E-state index contributed by atoms with van der Waals surface area (Å²) in [6.07, 6.45) is 4.68. The van der Waals surface area contributed by atoms with Crippen LogP contribution in [0.5, 0.6) is 0 Å². The number of halogens is 3. The second-order valence-electron chi connectivity index (χ2n) is 8.17. The maximum absolute atomic E-state index is 14.4. The van der Waals surface area contributed by atoms with Crippen LogP contribution in [-0.4, -0.2) is 39.1 Å². The van der Waals surface area contributed by atoms with Gasteiger partial charge in [0.05, 0.1) is 12.2 Å². The lowest BCUT2D eigenvalue weighted by Crippen LogP contribution is -2.48. The predicted octanol–water partition coefficient (Wildman–Crippen LogP) is 3.24. The Morgan fingerprint density at radius 2 is 2.10 bits per heavy atom. The van der Waals surface area contributed by atoms with Crippen LogP contribution in [0.25, 0.3) is 5.65 Å². The molecule has 166 valence electrons. The molecule has 0 aliphatic carbocycles. The third-order valence-corrected chi connectivity index (χ3v) is 5.43. The van der Waals surface area contributed by atoms with E-state index in [0.29, 0.717) is 35.6 Å². The van der Waals surface area contributed by atoms with Gasteiger partial charge in [-0.15, -0.1) is 12.4 Å². The fraction of sp³-hybridized carbons (Fsp3) is 0.381. The predicted molar refractivity (Wildman–Crippen MR) is 117 cm³/mol. The Bertz CT molecular complexity index is 1100. The van der Waals surface area contributed by atoms with Crippen LogP contribution in [0.1, 0.15) is 48.7 Å². The maximum Gasteiger partial charge on any atom is 0.257 e. The number of aromatic nitrogens is 3. The SMILES string of the molecule is CC(C)(CN)NC(=O)c1cnn2ccc(N3CCCC3c3cc(F)ccc3F)nc12.Cl. The molecule has 3 N–H and O–H groups in total. The second-order valence-corrected chi connectivity index (χ2v) is 8.17. The smallest absolute Gasteiger partial charge is 0.257 e. The van der Waals surface area contributed by atoms with Gasteiger partial charge in [-0.05, 0) is 51.0 Å². The Labute approximate surface area is 185 Å². The molecular weight excluding hydrogens is 426 g/mol. The molecule has 1 aliphatic heterocycles. The fourth-order valence-electron chi connectivity index (χ4n) is 3.74. The molecule has 31 heavy (non-hydrogen) atoms. The van der Waals surface area contributed by atoms with Crippen molar-refractivity contribution in [2.45, 2.75) is 38.3 Å². The molecule has 10 heteroatoms. The lowest BCUT2D eigenvalue weighted by molar-refractivity contribution is 0.0917. The molecule has 4 rings (SSSR count). The molecule has 7 nitrogen and oxygen atoms in total. The molecule has 0 radical (unpaired) electrons. The minimum absolute atomic E-state index is 0. The topological polar surface area (TPSA) is 88.5 Å². The Kier molecular flexibility index (Phi) is 6.47. The third-order valence-electron chi connectivity index (χ3n) is 5.43. The molecule has 1 fully saturated rings. The van der Waals surface area contributed by atoms with Gasteiger partial charge in [0.1, 0.15) is 23.0 Å². The number of nitrogens with one attached hydrogen (secondary N) is 1. The van der Waals surface area contributed by atoms with E-state index in [4.69, 9.17) is 5.73 Å². The molecule has 3 aromatic rings. The summed E-state index contributed by atoms with van der Waals surface area (Å²) in [6.45, 7) is 4.60. The summed E-state index contributed by atoms with van der Waals surface area (Å²) in [7, 11) is 0. The zero-order chi connectivity index (χ0) is 21.5. The average molecular weight is 451 g/mol. The van der Waals surface area contributed by atoms with Gasteiger partial charge < -0.3 is 16.0 Å². The molecule has 3 heterocycles. The van der Waals surface area contributed by atoms with Crippen molar-refractivity contribution in [3.05, 3.63) is 59.4 Å². The van der Waals surface area contributed by atoms with E-state index in [1.165, 1.54) is 16.8 Å². The van der Waals surface area contributed by atoms with E-state index in [1.807, 2.05) is 18.7 Å². The van der Waals surface area contributed by atoms with Crippen molar-refractivity contribution in [3.63, 3.8) is 0 Å². The summed E-state index contributed by atoms with van der Waals surface area (Å²) in [5.74, 6) is -0.651. The van der Waals surface area contributed by atoms with Crippen molar-refractivity contribution >= 4 is 29.8 Å². The number of anilines is 1. The largest absolute Gasteiger partial charge is 0.349 e. The van der Waals surface area contributed by atoms with E-state index >= 15 is 0 Å². The van der Waals surface area contributed by atoms with Crippen LogP contribution in [0.15, 0.2) is 36.7 Å². The molecule has 1 unspecified atom stereocenters. The minimum atomic E-state index is -0.572. The highest BCUT2D eigenvalue weighted by Gasteiger charge is 2.30. The number of hydrogen-bond donors (Lipinski definition) is 2. The normalized spacial score (nSPS) is 16.4. The summed E-state index contributed by atoms with van der Waals surface area (Å²) in [4.78, 5) is 19.3. The van der Waals surface area contributed by atoms with Crippen LogP contribution >= 0.6 is 12.4 Å². The van der Waals surface area contributed by atoms with E-state index in [9.17, 15) is 13.6 Å². The van der Waals surface area contributed by atoms with Crippen LogP contribution in [0.4, 0.5) is 14.6 Å². The van der Waals surface area contributed by atoms with Gasteiger partial charge in [0.15, 0.2) is 5.65 Å². The number of carbonyl (C=O) groups is 1. The number of hydrogen-bond acceptors (Lipinski definition) is 5. The third kappa shape index (κ3) is 4.47. The first-order chi connectivity index (χ1) is 14.3. The summed E-state index contributed by atoms with van der Waals surface area (Å²) in [5, 5.41) is 7.08. The summed E-state index contributed by atoms with van der Waals surface area (Å²) < 4.78 is 29.6. The molecule has 1 saturated heterocycles. The second kappa shape index (κ2) is 8.76. The number of fused-ring (bicyclic) bond motifs is 1. The lowest BCUT2D eigenvalue weighted by Gasteiger charge is -2.26. The van der Waals surface area contributed by atoms with Crippen LogP contribution < -0.4 is 16.0 Å². The molecule has 0 spiro atoms. The Balaban J connectivity index is 0.00000272. The summed E-state index contributed by atoms with van der Waals surface area (Å²) in [6, 6.07) is 4.94. The van der Waals surface area contributed by atoms with Gasteiger partial charge in [0, 0.05) is 30.4 Å². The van der Waals surface area contributed by atoms with E-state index in [0.717, 1.165) is 18.6 Å². The van der Waals surface area contributed by atoms with Gasteiger partial charge in [-0.2, -0.15) is 5.10 Å². The highest BCUT2D eigenvalue weighted by molar-refractivity contribution is 6.00. The zero-order valence-corrected chi connectivity index (χ0v) is 18.1. The van der Waals surface area contributed by atoms with Gasteiger partial charge in [0.2, 0.25) is 0 Å². The molecule has 2 aromatic heterocycles. The van der Waals surface area contributed by atoms with E-state index in [1.54, 1.807) is 12.3 Å². The molecule has 1 aliphatic rings. The zero-order valence-electron chi connectivity index (χ0n) is 17.3. The molecule has 0 saturated carbocycles. The molecule has 1 amide bonds. The summed E-state index contributed by atoms with van der Waals surface area (Å²) >= 11 is 0. The highest BCUT2D eigenvalue weighted by atomic mass is 35.5. The van der Waals surface area contributed by atoms with Crippen LogP contribution in [0, 0.1) is 11.6 Å². The van der Waals surface area contributed by atoms with Crippen molar-refractivity contribution < 1.29 is 13.6 Å². The number of rotatable bonds is 5. The quantitative estimate of drug-likeness (QED) is 0.623. The van der Waals surface area contributed by atoms with Crippen molar-refractivity contribution in [2.24, 2.45) is 5.73 Å². The first kappa shape index (κ1) is 22.9. The number of amides is 1. The Morgan fingerprint density at radius 3 is 2.84 bits per heavy atom. The van der Waals surface area contributed by atoms with Crippen molar-refractivity contribution in [3.8, 4) is 0 Å². The molecular formula is C21H25ClF2N6O. The standard InChI is InChI=1S/C21H24F2N6O.ClH/c1-21(2,12-24)27-20(30)15-11-25-29-9-7-18(26-19(15)29)28-8-3-4-17(28)14-10-13(22)5-6-16(14)23;/h5-7,9-11,17H,3-4,8,12,24H2,1-2H3,(H,27,30);1H. The van der Waals surface area contributed by atoms with Gasteiger partial charge in [-0.25, -0.2) is 18.3 Å².